The minimum absolute atomic E-state index is 0. The van der Waals surface area contributed by atoms with Crippen LogP contribution in [0.4, 0.5) is 0 Å². The monoisotopic (exact) mass is 319 g/mol. The van der Waals surface area contributed by atoms with E-state index in [9.17, 15) is 9.59 Å². The van der Waals surface area contributed by atoms with E-state index in [1.807, 2.05) is 4.90 Å². The lowest BCUT2D eigenvalue weighted by molar-refractivity contribution is -0.142. The Labute approximate surface area is 132 Å². The molecule has 2 saturated heterocycles. The standard InChI is InChI=1S/C14H25N3O3.ClH/c15-5-6-16-13(18)11-3-1-7-17(9-11)14(19)12-4-2-8-20-10-12;/h11-12H,1-10,15H2,(H,16,18);1H. The number of carbonyl (C=O) groups excluding carboxylic acids is 2. The Kier molecular flexibility index (Phi) is 8.00. The summed E-state index contributed by atoms with van der Waals surface area (Å²) in [6.07, 6.45) is 3.59. The molecule has 0 bridgehead atoms. The number of nitrogens with two attached hydrogens (primary N) is 1. The van der Waals surface area contributed by atoms with Gasteiger partial charge in [-0.15, -0.1) is 12.4 Å². The molecule has 21 heavy (non-hydrogen) atoms. The molecule has 6 nitrogen and oxygen atoms in total. The van der Waals surface area contributed by atoms with E-state index < -0.39 is 0 Å². The molecule has 3 N–H and O–H groups in total. The van der Waals surface area contributed by atoms with Gasteiger partial charge in [-0.1, -0.05) is 0 Å². The van der Waals surface area contributed by atoms with Crippen LogP contribution in [0.2, 0.25) is 0 Å². The zero-order valence-corrected chi connectivity index (χ0v) is 13.2. The van der Waals surface area contributed by atoms with Crippen LogP contribution in [0.1, 0.15) is 25.7 Å². The molecule has 122 valence electrons. The number of amides is 2. The van der Waals surface area contributed by atoms with E-state index in [0.717, 1.165) is 38.8 Å². The fourth-order valence-corrected chi connectivity index (χ4v) is 2.92. The van der Waals surface area contributed by atoms with Crippen LogP contribution < -0.4 is 11.1 Å². The Hall–Kier alpha value is -0.850. The summed E-state index contributed by atoms with van der Waals surface area (Å²) >= 11 is 0. The van der Waals surface area contributed by atoms with Crippen LogP contribution in [-0.2, 0) is 14.3 Å². The van der Waals surface area contributed by atoms with Gasteiger partial charge in [0.05, 0.1) is 18.4 Å². The third-order valence-electron chi connectivity index (χ3n) is 4.06. The lowest BCUT2D eigenvalue weighted by Crippen LogP contribution is -2.48. The number of nitrogens with zero attached hydrogens (tertiary/aromatic N) is 1. The van der Waals surface area contributed by atoms with Crippen molar-refractivity contribution in [1.29, 1.82) is 0 Å². The summed E-state index contributed by atoms with van der Waals surface area (Å²) in [4.78, 5) is 26.2. The number of ether oxygens (including phenoxy) is 1. The lowest BCUT2D eigenvalue weighted by atomic mass is 9.94. The molecule has 2 aliphatic rings. The molecule has 2 amide bonds. The van der Waals surface area contributed by atoms with E-state index >= 15 is 0 Å². The predicted molar refractivity (Wildman–Crippen MR) is 82.2 cm³/mol. The van der Waals surface area contributed by atoms with Crippen molar-refractivity contribution in [1.82, 2.24) is 10.2 Å². The molecule has 0 radical (unpaired) electrons. The van der Waals surface area contributed by atoms with E-state index in [1.54, 1.807) is 0 Å². The van der Waals surface area contributed by atoms with Gasteiger partial charge in [-0.3, -0.25) is 9.59 Å². The van der Waals surface area contributed by atoms with Crippen LogP contribution in [-0.4, -0.2) is 56.1 Å². The number of hydrogen-bond donors (Lipinski definition) is 2. The molecular weight excluding hydrogens is 294 g/mol. The highest BCUT2D eigenvalue weighted by Crippen LogP contribution is 2.22. The second kappa shape index (κ2) is 9.23. The number of rotatable bonds is 4. The summed E-state index contributed by atoms with van der Waals surface area (Å²) < 4.78 is 5.38. The van der Waals surface area contributed by atoms with Crippen molar-refractivity contribution < 1.29 is 14.3 Å². The van der Waals surface area contributed by atoms with Crippen molar-refractivity contribution in [2.75, 3.05) is 39.4 Å². The zero-order chi connectivity index (χ0) is 14.4. The van der Waals surface area contributed by atoms with Crippen LogP contribution >= 0.6 is 12.4 Å². The molecule has 0 aliphatic carbocycles. The predicted octanol–water partition coefficient (Wildman–Crippen LogP) is 0.148. The fourth-order valence-electron chi connectivity index (χ4n) is 2.92. The third-order valence-corrected chi connectivity index (χ3v) is 4.06. The van der Waals surface area contributed by atoms with E-state index in [-0.39, 0.29) is 36.1 Å². The van der Waals surface area contributed by atoms with E-state index in [4.69, 9.17) is 10.5 Å². The number of piperidine rings is 1. The summed E-state index contributed by atoms with van der Waals surface area (Å²) in [5.74, 6) is 0.0623. The topological polar surface area (TPSA) is 84.7 Å². The van der Waals surface area contributed by atoms with Crippen molar-refractivity contribution in [3.63, 3.8) is 0 Å². The quantitative estimate of drug-likeness (QED) is 0.772. The number of halogens is 1. The summed E-state index contributed by atoms with van der Waals surface area (Å²) in [5, 5.41) is 2.81. The summed E-state index contributed by atoms with van der Waals surface area (Å²) in [6, 6.07) is 0. The smallest absolute Gasteiger partial charge is 0.228 e. The molecule has 0 spiro atoms. The highest BCUT2D eigenvalue weighted by molar-refractivity contribution is 5.85. The van der Waals surface area contributed by atoms with Crippen molar-refractivity contribution in [3.05, 3.63) is 0 Å². The van der Waals surface area contributed by atoms with E-state index in [2.05, 4.69) is 5.32 Å². The van der Waals surface area contributed by atoms with Crippen LogP contribution in [0, 0.1) is 11.8 Å². The molecule has 2 atom stereocenters. The fraction of sp³-hybridized carbons (Fsp3) is 0.857. The largest absolute Gasteiger partial charge is 0.381 e. The Morgan fingerprint density at radius 1 is 1.24 bits per heavy atom. The van der Waals surface area contributed by atoms with Crippen LogP contribution in [0.15, 0.2) is 0 Å². The minimum atomic E-state index is -0.0937. The van der Waals surface area contributed by atoms with Crippen LogP contribution in [0.3, 0.4) is 0 Å². The Balaban J connectivity index is 0.00000220. The zero-order valence-electron chi connectivity index (χ0n) is 12.4. The van der Waals surface area contributed by atoms with Crippen LogP contribution in [0.5, 0.6) is 0 Å². The molecule has 2 unspecified atom stereocenters. The maximum absolute atomic E-state index is 12.4. The third kappa shape index (κ3) is 5.13. The first-order chi connectivity index (χ1) is 9.72. The van der Waals surface area contributed by atoms with Gasteiger partial charge < -0.3 is 20.7 Å². The normalized spacial score (nSPS) is 25.9. The first kappa shape index (κ1) is 18.2. The lowest BCUT2D eigenvalue weighted by Gasteiger charge is -2.35. The molecular formula is C14H26ClN3O3. The molecule has 7 heteroatoms. The number of nitrogens with one attached hydrogen (secondary N) is 1. The maximum Gasteiger partial charge on any atom is 0.228 e. The van der Waals surface area contributed by atoms with Crippen molar-refractivity contribution in [2.24, 2.45) is 17.6 Å². The van der Waals surface area contributed by atoms with Gasteiger partial charge in [-0.2, -0.15) is 0 Å². The molecule has 2 rings (SSSR count). The molecule has 0 saturated carbocycles. The summed E-state index contributed by atoms with van der Waals surface area (Å²) in [5.41, 5.74) is 5.39. The molecule has 0 aromatic carbocycles. The van der Waals surface area contributed by atoms with Gasteiger partial charge in [-0.05, 0) is 25.7 Å². The average molecular weight is 320 g/mol. The van der Waals surface area contributed by atoms with Crippen molar-refractivity contribution in [3.8, 4) is 0 Å². The highest BCUT2D eigenvalue weighted by atomic mass is 35.5. The number of carbonyl (C=O) groups is 2. The molecule has 2 fully saturated rings. The van der Waals surface area contributed by atoms with Crippen molar-refractivity contribution >= 4 is 24.2 Å². The van der Waals surface area contributed by atoms with Gasteiger partial charge in [0, 0.05) is 32.8 Å². The SMILES string of the molecule is Cl.NCCNC(=O)C1CCCN(C(=O)C2CCCOC2)C1. The molecule has 2 heterocycles. The average Bonchev–Trinajstić information content (AvgIpc) is 2.52. The second-order valence-corrected chi connectivity index (χ2v) is 5.62. The molecule has 0 aromatic rings. The van der Waals surface area contributed by atoms with E-state index in [0.29, 0.717) is 26.2 Å². The summed E-state index contributed by atoms with van der Waals surface area (Å²) in [6.45, 7) is 3.52. The van der Waals surface area contributed by atoms with Gasteiger partial charge in [0.1, 0.15) is 0 Å². The van der Waals surface area contributed by atoms with E-state index in [1.165, 1.54) is 0 Å². The second-order valence-electron chi connectivity index (χ2n) is 5.62. The maximum atomic E-state index is 12.4. The Morgan fingerprint density at radius 2 is 2.00 bits per heavy atom. The molecule has 0 aromatic heterocycles. The van der Waals surface area contributed by atoms with Gasteiger partial charge in [0.2, 0.25) is 11.8 Å². The van der Waals surface area contributed by atoms with Crippen molar-refractivity contribution in [2.45, 2.75) is 25.7 Å². The van der Waals surface area contributed by atoms with Gasteiger partial charge in [0.25, 0.3) is 0 Å². The first-order valence-corrected chi connectivity index (χ1v) is 7.56. The number of likely N-dealkylation sites (tertiary alicyclic amines) is 1. The Morgan fingerprint density at radius 3 is 2.67 bits per heavy atom. The number of hydrogen-bond acceptors (Lipinski definition) is 4. The van der Waals surface area contributed by atoms with Gasteiger partial charge in [0.15, 0.2) is 0 Å². The van der Waals surface area contributed by atoms with Crippen LogP contribution in [0.25, 0.3) is 0 Å². The Bertz CT molecular complexity index is 348. The minimum Gasteiger partial charge on any atom is -0.381 e. The summed E-state index contributed by atoms with van der Waals surface area (Å²) in [7, 11) is 0. The molecule has 2 aliphatic heterocycles. The highest BCUT2D eigenvalue weighted by Gasteiger charge is 2.32. The first-order valence-electron chi connectivity index (χ1n) is 7.56. The van der Waals surface area contributed by atoms with Gasteiger partial charge >= 0.3 is 0 Å². The van der Waals surface area contributed by atoms with Gasteiger partial charge in [-0.25, -0.2) is 0 Å².